The second-order valence-corrected chi connectivity index (χ2v) is 7.78. The van der Waals surface area contributed by atoms with Crippen molar-refractivity contribution >= 4 is 58.4 Å². The number of methoxy groups -OCH3 is 1. The topological polar surface area (TPSA) is 106 Å². The van der Waals surface area contributed by atoms with Crippen molar-refractivity contribution in [1.29, 1.82) is 0 Å². The molecule has 0 spiro atoms. The molecule has 0 aromatic heterocycles. The Morgan fingerprint density at radius 2 is 1.81 bits per heavy atom. The van der Waals surface area contributed by atoms with Gasteiger partial charge >= 0.3 is 0 Å². The van der Waals surface area contributed by atoms with Crippen molar-refractivity contribution in [3.63, 3.8) is 0 Å². The quantitative estimate of drug-likeness (QED) is 0.338. The molecule has 10 heteroatoms. The van der Waals surface area contributed by atoms with E-state index in [4.69, 9.17) is 33.3 Å². The van der Waals surface area contributed by atoms with Gasteiger partial charge in [-0.05, 0) is 73.1 Å². The largest absolute Gasteiger partial charge is 0.493 e. The highest BCUT2D eigenvalue weighted by atomic mass is 35.5. The minimum atomic E-state index is -0.628. The molecule has 1 fully saturated rings. The Morgan fingerprint density at radius 1 is 1.12 bits per heavy atom. The zero-order chi connectivity index (χ0) is 23.4. The second-order valence-electron chi connectivity index (χ2n) is 6.97. The van der Waals surface area contributed by atoms with E-state index in [0.717, 1.165) is 11.1 Å². The van der Waals surface area contributed by atoms with Crippen molar-refractivity contribution in [2.45, 2.75) is 13.8 Å². The fraction of sp³-hybridized carbons (Fsp3) is 0.182. The van der Waals surface area contributed by atoms with Gasteiger partial charge in [0, 0.05) is 5.69 Å². The van der Waals surface area contributed by atoms with Gasteiger partial charge in [0.1, 0.15) is 5.57 Å². The zero-order valence-electron chi connectivity index (χ0n) is 17.5. The number of rotatable bonds is 6. The summed E-state index contributed by atoms with van der Waals surface area (Å²) in [4.78, 5) is 36.4. The van der Waals surface area contributed by atoms with E-state index in [1.807, 2.05) is 26.0 Å². The molecule has 0 saturated carbocycles. The molecular weight excluding hydrogens is 454 g/mol. The predicted octanol–water partition coefficient (Wildman–Crippen LogP) is 2.90. The minimum Gasteiger partial charge on any atom is -0.493 e. The average Bonchev–Trinajstić information content (AvgIpc) is 2.72. The summed E-state index contributed by atoms with van der Waals surface area (Å²) >= 11 is 11.1. The maximum Gasteiger partial charge on any atom is 0.263 e. The van der Waals surface area contributed by atoms with Crippen LogP contribution in [0.4, 0.5) is 5.69 Å². The van der Waals surface area contributed by atoms with Gasteiger partial charge in [0.2, 0.25) is 0 Å². The van der Waals surface area contributed by atoms with E-state index in [1.54, 1.807) is 6.07 Å². The molecule has 3 rings (SSSR count). The van der Waals surface area contributed by atoms with Crippen molar-refractivity contribution in [2.75, 3.05) is 19.0 Å². The van der Waals surface area contributed by atoms with Crippen molar-refractivity contribution in [3.8, 4) is 11.5 Å². The molecule has 1 saturated heterocycles. The van der Waals surface area contributed by atoms with Crippen LogP contribution in [0.1, 0.15) is 16.7 Å². The van der Waals surface area contributed by atoms with Crippen LogP contribution in [-0.4, -0.2) is 36.6 Å². The number of hydrogen-bond donors (Lipinski definition) is 3. The third-order valence-corrected chi connectivity index (χ3v) is 5.13. The van der Waals surface area contributed by atoms with Gasteiger partial charge in [0.25, 0.3) is 17.7 Å². The van der Waals surface area contributed by atoms with Crippen LogP contribution >= 0.6 is 23.8 Å². The summed E-state index contributed by atoms with van der Waals surface area (Å²) in [6.45, 7) is 3.64. The van der Waals surface area contributed by atoms with Crippen LogP contribution in [-0.2, 0) is 14.4 Å². The average molecular weight is 474 g/mol. The van der Waals surface area contributed by atoms with Crippen molar-refractivity contribution in [2.24, 2.45) is 0 Å². The number of ether oxygens (including phenoxy) is 2. The number of benzene rings is 2. The van der Waals surface area contributed by atoms with Crippen LogP contribution in [0, 0.1) is 13.8 Å². The molecule has 2 aromatic carbocycles. The number of carbonyl (C=O) groups excluding carboxylic acids is 3. The highest BCUT2D eigenvalue weighted by Crippen LogP contribution is 2.37. The Kier molecular flexibility index (Phi) is 7.12. The molecule has 0 aliphatic carbocycles. The predicted molar refractivity (Wildman–Crippen MR) is 125 cm³/mol. The van der Waals surface area contributed by atoms with Crippen LogP contribution < -0.4 is 25.4 Å². The van der Waals surface area contributed by atoms with Crippen LogP contribution in [0.3, 0.4) is 0 Å². The van der Waals surface area contributed by atoms with Gasteiger partial charge in [0.15, 0.2) is 23.2 Å². The molecule has 1 aliphatic heterocycles. The fourth-order valence-electron chi connectivity index (χ4n) is 2.89. The number of thiocarbonyl (C=S) groups is 1. The smallest absolute Gasteiger partial charge is 0.263 e. The van der Waals surface area contributed by atoms with E-state index in [-0.39, 0.29) is 39.7 Å². The zero-order valence-corrected chi connectivity index (χ0v) is 19.1. The third-order valence-electron chi connectivity index (χ3n) is 4.64. The molecule has 3 N–H and O–H groups in total. The van der Waals surface area contributed by atoms with Gasteiger partial charge in [-0.15, -0.1) is 0 Å². The summed E-state index contributed by atoms with van der Waals surface area (Å²) in [7, 11) is 1.41. The first-order valence-corrected chi connectivity index (χ1v) is 10.2. The normalized spacial score (nSPS) is 13.2. The van der Waals surface area contributed by atoms with Gasteiger partial charge in [-0.25, -0.2) is 0 Å². The van der Waals surface area contributed by atoms with E-state index in [0.29, 0.717) is 11.3 Å². The first kappa shape index (κ1) is 23.2. The molecule has 0 atom stereocenters. The van der Waals surface area contributed by atoms with Gasteiger partial charge in [0.05, 0.1) is 12.1 Å². The van der Waals surface area contributed by atoms with E-state index in [2.05, 4.69) is 16.0 Å². The number of hydrogen-bond acceptors (Lipinski definition) is 6. The number of anilines is 1. The Labute approximate surface area is 194 Å². The standard InChI is InChI=1S/C22H20ClN3O5S/c1-11-4-5-14(6-12(11)2)24-18(27)10-31-19-16(23)8-13(9-17(19)30-3)7-15-20(28)25-22(32)26-21(15)29/h4-9H,10H2,1-3H3,(H,24,27)(H2,25,26,28,29,32). The lowest BCUT2D eigenvalue weighted by Gasteiger charge is -2.17. The molecule has 2 aromatic rings. The molecular formula is C22H20ClN3O5S. The van der Waals surface area contributed by atoms with Crippen LogP contribution in [0.25, 0.3) is 6.08 Å². The van der Waals surface area contributed by atoms with E-state index >= 15 is 0 Å². The lowest BCUT2D eigenvalue weighted by atomic mass is 10.1. The highest BCUT2D eigenvalue weighted by Gasteiger charge is 2.26. The van der Waals surface area contributed by atoms with E-state index in [9.17, 15) is 14.4 Å². The summed E-state index contributed by atoms with van der Waals surface area (Å²) < 4.78 is 10.9. The fourth-order valence-corrected chi connectivity index (χ4v) is 3.35. The molecule has 8 nitrogen and oxygen atoms in total. The maximum absolute atomic E-state index is 12.3. The molecule has 166 valence electrons. The van der Waals surface area contributed by atoms with E-state index < -0.39 is 11.8 Å². The molecule has 0 unspecified atom stereocenters. The van der Waals surface area contributed by atoms with Gasteiger partial charge in [-0.3, -0.25) is 25.0 Å². The Morgan fingerprint density at radius 3 is 2.44 bits per heavy atom. The number of halogens is 1. The first-order chi connectivity index (χ1) is 15.2. The lowest BCUT2D eigenvalue weighted by molar-refractivity contribution is -0.123. The van der Waals surface area contributed by atoms with Crippen molar-refractivity contribution < 1.29 is 23.9 Å². The number of nitrogens with one attached hydrogen (secondary N) is 3. The summed E-state index contributed by atoms with van der Waals surface area (Å²) in [5.41, 5.74) is 3.12. The SMILES string of the molecule is COc1cc(C=C2C(=O)NC(=S)NC2=O)cc(Cl)c1OCC(=O)Nc1ccc(C)c(C)c1. The summed E-state index contributed by atoms with van der Waals surface area (Å²) in [6, 6.07) is 8.61. The summed E-state index contributed by atoms with van der Waals surface area (Å²) in [5, 5.41) is 7.55. The number of carbonyl (C=O) groups is 3. The van der Waals surface area contributed by atoms with Crippen molar-refractivity contribution in [3.05, 3.63) is 57.6 Å². The Hall–Kier alpha value is -3.43. The first-order valence-electron chi connectivity index (χ1n) is 9.43. The second kappa shape index (κ2) is 9.80. The Bertz CT molecular complexity index is 1140. The maximum atomic E-state index is 12.3. The third kappa shape index (κ3) is 5.43. The summed E-state index contributed by atoms with van der Waals surface area (Å²) in [5.74, 6) is -1.24. The van der Waals surface area contributed by atoms with Crippen LogP contribution in [0.5, 0.6) is 11.5 Å². The van der Waals surface area contributed by atoms with Crippen molar-refractivity contribution in [1.82, 2.24) is 10.6 Å². The lowest BCUT2D eigenvalue weighted by Crippen LogP contribution is -2.51. The van der Waals surface area contributed by atoms with Crippen LogP contribution in [0.15, 0.2) is 35.9 Å². The monoisotopic (exact) mass is 473 g/mol. The number of aryl methyl sites for hydroxylation is 2. The molecule has 0 bridgehead atoms. The number of amides is 3. The highest BCUT2D eigenvalue weighted by molar-refractivity contribution is 7.80. The van der Waals surface area contributed by atoms with Gasteiger partial charge in [-0.1, -0.05) is 17.7 Å². The van der Waals surface area contributed by atoms with Gasteiger partial charge in [-0.2, -0.15) is 0 Å². The molecule has 1 heterocycles. The Balaban J connectivity index is 1.75. The van der Waals surface area contributed by atoms with E-state index in [1.165, 1.54) is 25.3 Å². The molecule has 0 radical (unpaired) electrons. The molecule has 1 aliphatic rings. The molecule has 32 heavy (non-hydrogen) atoms. The van der Waals surface area contributed by atoms with Gasteiger partial charge < -0.3 is 14.8 Å². The summed E-state index contributed by atoms with van der Waals surface area (Å²) in [6.07, 6.45) is 1.34. The minimum absolute atomic E-state index is 0.0596. The molecule has 3 amide bonds. The van der Waals surface area contributed by atoms with Crippen LogP contribution in [0.2, 0.25) is 5.02 Å².